The predicted molar refractivity (Wildman–Crippen MR) is 164 cm³/mol. The van der Waals surface area contributed by atoms with Gasteiger partial charge in [-0.1, -0.05) is 49.6 Å². The number of benzene rings is 2. The topological polar surface area (TPSA) is 62.7 Å². The summed E-state index contributed by atoms with van der Waals surface area (Å²) in [4.78, 5) is 20.7. The molecule has 3 saturated carbocycles. The summed E-state index contributed by atoms with van der Waals surface area (Å²) in [5, 5.41) is 11.5. The number of aliphatic hydroxyl groups is 1. The lowest BCUT2D eigenvalue weighted by molar-refractivity contribution is -0.140. The zero-order valence-electron chi connectivity index (χ0n) is 24.6. The third-order valence-electron chi connectivity index (χ3n) is 9.77. The van der Waals surface area contributed by atoms with Crippen molar-refractivity contribution >= 4 is 11.6 Å². The van der Waals surface area contributed by atoms with E-state index in [2.05, 4.69) is 49.4 Å². The number of rotatable bonds is 8. The number of carbonyl (C=O) groups is 1. The molecule has 1 amide bonds. The monoisotopic (exact) mass is 552 g/mol. The highest BCUT2D eigenvalue weighted by Gasteiger charge is 2.41. The molecule has 0 aliphatic heterocycles. The van der Waals surface area contributed by atoms with Gasteiger partial charge in [-0.05, 0) is 111 Å². The molecule has 5 nitrogen and oxygen atoms in total. The van der Waals surface area contributed by atoms with Gasteiger partial charge in [0.25, 0.3) is 5.91 Å². The normalized spacial score (nSPS) is 22.2. The number of hydrogen-bond acceptors (Lipinski definition) is 4. The third-order valence-corrected chi connectivity index (χ3v) is 9.77. The Morgan fingerprint density at radius 1 is 0.927 bits per heavy atom. The number of carbonyl (C=O) groups excluding carboxylic acids is 1. The van der Waals surface area contributed by atoms with Crippen LogP contribution in [0.5, 0.6) is 5.75 Å². The Bertz CT molecular complexity index is 1350. The Kier molecular flexibility index (Phi) is 8.16. The number of nitrogens with zero attached hydrogens (tertiary/aromatic N) is 2. The van der Waals surface area contributed by atoms with E-state index in [0.29, 0.717) is 37.1 Å². The second kappa shape index (κ2) is 12.0. The van der Waals surface area contributed by atoms with E-state index >= 15 is 0 Å². The van der Waals surface area contributed by atoms with Crippen molar-refractivity contribution in [3.63, 3.8) is 0 Å². The first kappa shape index (κ1) is 28.0. The van der Waals surface area contributed by atoms with Crippen LogP contribution in [0.2, 0.25) is 0 Å². The van der Waals surface area contributed by atoms with Gasteiger partial charge in [-0.25, -0.2) is 0 Å². The number of aryl methyl sites for hydroxylation is 1. The number of anilines is 1. The molecule has 0 atom stereocenters. The summed E-state index contributed by atoms with van der Waals surface area (Å²) in [6.07, 6.45) is 12.8. The molecule has 5 heteroatoms. The molecule has 3 aliphatic rings. The molecule has 1 aromatic heterocycles. The van der Waals surface area contributed by atoms with Crippen LogP contribution in [-0.2, 0) is 4.79 Å². The highest BCUT2D eigenvalue weighted by atomic mass is 16.5. The van der Waals surface area contributed by atoms with Gasteiger partial charge in [0.1, 0.15) is 11.4 Å². The summed E-state index contributed by atoms with van der Waals surface area (Å²) in [7, 11) is 1.72. The van der Waals surface area contributed by atoms with Crippen LogP contribution < -0.4 is 9.64 Å². The number of hydrogen-bond donors (Lipinski definition) is 1. The largest absolute Gasteiger partial charge is 0.496 e. The molecule has 0 bridgehead atoms. The van der Waals surface area contributed by atoms with Crippen molar-refractivity contribution < 1.29 is 14.6 Å². The van der Waals surface area contributed by atoms with Crippen molar-refractivity contribution in [2.24, 2.45) is 5.92 Å². The second-order valence-corrected chi connectivity index (χ2v) is 12.8. The minimum Gasteiger partial charge on any atom is -0.496 e. The van der Waals surface area contributed by atoms with Gasteiger partial charge in [-0.3, -0.25) is 9.78 Å². The SMILES string of the molecule is COc1ccc(C2CCC(CN(C(=O)C3(O)CCCCC3)c3cccc(-c4ccc(C5CC5)nc4)c3)CC2)cc1C. The van der Waals surface area contributed by atoms with Gasteiger partial charge < -0.3 is 14.7 Å². The van der Waals surface area contributed by atoms with Gasteiger partial charge in [0.15, 0.2) is 0 Å². The van der Waals surface area contributed by atoms with E-state index in [4.69, 9.17) is 9.72 Å². The van der Waals surface area contributed by atoms with E-state index in [1.807, 2.05) is 23.2 Å². The lowest BCUT2D eigenvalue weighted by Crippen LogP contribution is -2.51. The van der Waals surface area contributed by atoms with E-state index in [1.54, 1.807) is 7.11 Å². The van der Waals surface area contributed by atoms with E-state index in [-0.39, 0.29) is 5.91 Å². The average Bonchev–Trinajstić information content (AvgIpc) is 3.86. The fourth-order valence-corrected chi connectivity index (χ4v) is 7.05. The second-order valence-electron chi connectivity index (χ2n) is 12.8. The number of aromatic nitrogens is 1. The first-order chi connectivity index (χ1) is 19.9. The lowest BCUT2D eigenvalue weighted by Gasteiger charge is -2.39. The first-order valence-electron chi connectivity index (χ1n) is 15.7. The smallest absolute Gasteiger partial charge is 0.258 e. The summed E-state index contributed by atoms with van der Waals surface area (Å²) >= 11 is 0. The quantitative estimate of drug-likeness (QED) is 0.308. The molecule has 0 spiro atoms. The molecule has 2 aromatic carbocycles. The summed E-state index contributed by atoms with van der Waals surface area (Å²) < 4.78 is 5.46. The first-order valence-corrected chi connectivity index (χ1v) is 15.7. The van der Waals surface area contributed by atoms with Crippen molar-refractivity contribution in [3.8, 4) is 16.9 Å². The number of amides is 1. The fourth-order valence-electron chi connectivity index (χ4n) is 7.05. The Balaban J connectivity index is 1.21. The Labute approximate surface area is 245 Å². The van der Waals surface area contributed by atoms with Crippen molar-refractivity contribution in [2.75, 3.05) is 18.6 Å². The zero-order chi connectivity index (χ0) is 28.4. The predicted octanol–water partition coefficient (Wildman–Crippen LogP) is 7.95. The van der Waals surface area contributed by atoms with E-state index in [1.165, 1.54) is 29.7 Å². The molecule has 216 valence electrons. The van der Waals surface area contributed by atoms with Gasteiger partial charge in [0.2, 0.25) is 0 Å². The van der Waals surface area contributed by atoms with Crippen LogP contribution in [0.4, 0.5) is 5.69 Å². The Morgan fingerprint density at radius 2 is 1.68 bits per heavy atom. The maximum absolute atomic E-state index is 14.1. The van der Waals surface area contributed by atoms with Gasteiger partial charge in [0.05, 0.1) is 7.11 Å². The van der Waals surface area contributed by atoms with Crippen LogP contribution in [-0.4, -0.2) is 35.3 Å². The lowest BCUT2D eigenvalue weighted by atomic mass is 9.77. The molecule has 3 aliphatic carbocycles. The Morgan fingerprint density at radius 3 is 2.34 bits per heavy atom. The molecule has 3 fully saturated rings. The molecule has 3 aromatic rings. The van der Waals surface area contributed by atoms with Gasteiger partial charge >= 0.3 is 0 Å². The molecule has 0 radical (unpaired) electrons. The fraction of sp³-hybridized carbons (Fsp3) is 0.500. The van der Waals surface area contributed by atoms with Crippen LogP contribution in [0.25, 0.3) is 11.1 Å². The minimum absolute atomic E-state index is 0.121. The molecular weight excluding hydrogens is 508 g/mol. The molecular formula is C36H44N2O3. The maximum atomic E-state index is 14.1. The molecule has 0 saturated heterocycles. The van der Waals surface area contributed by atoms with Crippen molar-refractivity contribution in [1.82, 2.24) is 4.98 Å². The van der Waals surface area contributed by atoms with Crippen molar-refractivity contribution in [2.45, 2.75) is 95.0 Å². The minimum atomic E-state index is -1.26. The van der Waals surface area contributed by atoms with Crippen LogP contribution in [0.3, 0.4) is 0 Å². The van der Waals surface area contributed by atoms with E-state index < -0.39 is 5.60 Å². The number of pyridine rings is 1. The number of methoxy groups -OCH3 is 1. The van der Waals surface area contributed by atoms with Gasteiger partial charge in [-0.2, -0.15) is 0 Å². The summed E-state index contributed by atoms with van der Waals surface area (Å²) in [5.74, 6) is 2.39. The summed E-state index contributed by atoms with van der Waals surface area (Å²) in [6, 6.07) is 19.2. The molecule has 1 N–H and O–H groups in total. The van der Waals surface area contributed by atoms with Crippen molar-refractivity contribution in [1.29, 1.82) is 0 Å². The average molecular weight is 553 g/mol. The summed E-state index contributed by atoms with van der Waals surface area (Å²) in [6.45, 7) is 2.76. The van der Waals surface area contributed by atoms with E-state index in [0.717, 1.165) is 67.5 Å². The van der Waals surface area contributed by atoms with Crippen molar-refractivity contribution in [3.05, 3.63) is 77.6 Å². The van der Waals surface area contributed by atoms with Crippen LogP contribution in [0.1, 0.15) is 99.3 Å². The van der Waals surface area contributed by atoms with Gasteiger partial charge in [0, 0.05) is 35.6 Å². The molecule has 1 heterocycles. The molecule has 41 heavy (non-hydrogen) atoms. The van der Waals surface area contributed by atoms with Crippen LogP contribution in [0.15, 0.2) is 60.8 Å². The van der Waals surface area contributed by atoms with E-state index in [9.17, 15) is 9.90 Å². The zero-order valence-corrected chi connectivity index (χ0v) is 24.6. The summed E-state index contributed by atoms with van der Waals surface area (Å²) in [5.41, 5.74) is 5.49. The van der Waals surface area contributed by atoms with Crippen LogP contribution in [0, 0.1) is 12.8 Å². The molecule has 0 unspecified atom stereocenters. The molecule has 6 rings (SSSR count). The van der Waals surface area contributed by atoms with Gasteiger partial charge in [-0.15, -0.1) is 0 Å². The highest BCUT2D eigenvalue weighted by molar-refractivity contribution is 6.00. The highest BCUT2D eigenvalue weighted by Crippen LogP contribution is 2.41. The van der Waals surface area contributed by atoms with Crippen LogP contribution >= 0.6 is 0 Å². The third kappa shape index (κ3) is 6.21. The standard InChI is InChI=1S/C36H44N2O3/c1-25-21-30(16-18-34(25)41-2)27-11-9-26(10-12-27)24-38(35(39)36(40)19-4-3-5-20-36)32-8-6-7-29(22-32)31-15-17-33(37-23-31)28-13-14-28/h6-8,15-18,21-23,26-28,40H,3-5,9-14,19-20,24H2,1-2H3. The maximum Gasteiger partial charge on any atom is 0.258 e. The Hall–Kier alpha value is -3.18. The number of ether oxygens (including phenoxy) is 1.